The molecule has 26 heavy (non-hydrogen) atoms. The predicted octanol–water partition coefficient (Wildman–Crippen LogP) is 3.90. The molecule has 0 saturated carbocycles. The molecule has 0 aromatic heterocycles. The van der Waals surface area contributed by atoms with E-state index in [0.29, 0.717) is 24.3 Å². The second-order valence-corrected chi connectivity index (χ2v) is 7.43. The van der Waals surface area contributed by atoms with E-state index in [4.69, 9.17) is 10.5 Å². The van der Waals surface area contributed by atoms with Crippen molar-refractivity contribution in [3.8, 4) is 0 Å². The number of halogens is 1. The fourth-order valence-corrected chi connectivity index (χ4v) is 3.09. The normalized spacial score (nSPS) is 19.9. The molecule has 1 aliphatic heterocycles. The third kappa shape index (κ3) is 7.80. The third-order valence-electron chi connectivity index (χ3n) is 4.68. The Hall–Kier alpha value is -0.860. The first-order chi connectivity index (χ1) is 12.0. The van der Waals surface area contributed by atoms with Crippen LogP contribution in [0.15, 0.2) is 29.3 Å². The van der Waals surface area contributed by atoms with E-state index in [0.717, 1.165) is 38.3 Å². The van der Waals surface area contributed by atoms with Gasteiger partial charge in [-0.1, -0.05) is 39.8 Å². The van der Waals surface area contributed by atoms with Crippen LogP contribution in [0.3, 0.4) is 0 Å². The molecule has 5 nitrogen and oxygen atoms in total. The van der Waals surface area contributed by atoms with Gasteiger partial charge in [0.15, 0.2) is 5.96 Å². The van der Waals surface area contributed by atoms with Crippen LogP contribution in [-0.4, -0.2) is 49.7 Å². The number of nitrogens with two attached hydrogens (primary N) is 1. The SMILES string of the molecule is CCC(C)c1ccc(NC(N)=NCC2CN(CC(C)C)CCO2)cc1.I. The van der Waals surface area contributed by atoms with Gasteiger partial charge in [-0.05, 0) is 36.0 Å². The summed E-state index contributed by atoms with van der Waals surface area (Å²) in [6.07, 6.45) is 1.27. The van der Waals surface area contributed by atoms with Gasteiger partial charge in [0.25, 0.3) is 0 Å². The molecular formula is C20H35IN4O. The Morgan fingerprint density at radius 3 is 2.62 bits per heavy atom. The van der Waals surface area contributed by atoms with Crippen molar-refractivity contribution in [1.82, 2.24) is 4.90 Å². The minimum Gasteiger partial charge on any atom is -0.374 e. The molecule has 0 bridgehead atoms. The lowest BCUT2D eigenvalue weighted by Crippen LogP contribution is -2.45. The van der Waals surface area contributed by atoms with Crippen molar-refractivity contribution in [2.45, 2.75) is 46.1 Å². The quantitative estimate of drug-likeness (QED) is 0.358. The van der Waals surface area contributed by atoms with Gasteiger partial charge in [-0.15, -0.1) is 24.0 Å². The standard InChI is InChI=1S/C20H34N4O.HI/c1-5-16(4)17-6-8-18(9-7-17)23-20(21)22-12-19-14-24(10-11-25-19)13-15(2)3;/h6-9,15-16,19H,5,10-14H2,1-4H3,(H3,21,22,23);1H. The number of rotatable bonds is 7. The van der Waals surface area contributed by atoms with Crippen molar-refractivity contribution >= 4 is 35.6 Å². The highest BCUT2D eigenvalue weighted by Gasteiger charge is 2.20. The maximum Gasteiger partial charge on any atom is 0.193 e. The first-order valence-corrected chi connectivity index (χ1v) is 9.48. The van der Waals surface area contributed by atoms with Crippen LogP contribution in [0.25, 0.3) is 0 Å². The van der Waals surface area contributed by atoms with Gasteiger partial charge in [-0.3, -0.25) is 9.89 Å². The molecule has 1 aromatic rings. The number of guanidine groups is 1. The zero-order valence-electron chi connectivity index (χ0n) is 16.6. The maximum absolute atomic E-state index is 6.03. The molecule has 0 radical (unpaired) electrons. The molecule has 2 unspecified atom stereocenters. The minimum atomic E-state index is 0. The number of morpholine rings is 1. The van der Waals surface area contributed by atoms with Gasteiger partial charge in [-0.25, -0.2) is 0 Å². The van der Waals surface area contributed by atoms with E-state index in [2.05, 4.69) is 67.2 Å². The van der Waals surface area contributed by atoms with E-state index in [-0.39, 0.29) is 30.1 Å². The number of aliphatic imine (C=N–C) groups is 1. The lowest BCUT2D eigenvalue weighted by atomic mass is 9.99. The zero-order chi connectivity index (χ0) is 18.2. The summed E-state index contributed by atoms with van der Waals surface area (Å²) in [5, 5.41) is 3.17. The number of hydrogen-bond acceptors (Lipinski definition) is 3. The number of nitrogens with one attached hydrogen (secondary N) is 1. The Balaban J connectivity index is 0.00000338. The lowest BCUT2D eigenvalue weighted by Gasteiger charge is -2.33. The summed E-state index contributed by atoms with van der Waals surface area (Å²) in [7, 11) is 0. The van der Waals surface area contributed by atoms with Crippen LogP contribution < -0.4 is 11.1 Å². The summed E-state index contributed by atoms with van der Waals surface area (Å²) in [5.41, 5.74) is 8.35. The van der Waals surface area contributed by atoms with Crippen LogP contribution in [0.4, 0.5) is 5.69 Å². The lowest BCUT2D eigenvalue weighted by molar-refractivity contribution is -0.0261. The van der Waals surface area contributed by atoms with Gasteiger partial charge < -0.3 is 15.8 Å². The van der Waals surface area contributed by atoms with Gasteiger partial charge in [0, 0.05) is 25.3 Å². The van der Waals surface area contributed by atoms with Crippen molar-refractivity contribution in [1.29, 1.82) is 0 Å². The fourth-order valence-electron chi connectivity index (χ4n) is 3.09. The van der Waals surface area contributed by atoms with E-state index < -0.39 is 0 Å². The van der Waals surface area contributed by atoms with Crippen molar-refractivity contribution in [2.24, 2.45) is 16.6 Å². The Morgan fingerprint density at radius 2 is 2.00 bits per heavy atom. The molecular weight excluding hydrogens is 439 g/mol. The fraction of sp³-hybridized carbons (Fsp3) is 0.650. The molecule has 0 aliphatic carbocycles. The second kappa shape index (κ2) is 11.8. The Kier molecular flexibility index (Phi) is 10.5. The average Bonchev–Trinajstić information content (AvgIpc) is 2.60. The molecule has 2 atom stereocenters. The van der Waals surface area contributed by atoms with E-state index in [1.807, 2.05) is 0 Å². The predicted molar refractivity (Wildman–Crippen MR) is 122 cm³/mol. The summed E-state index contributed by atoms with van der Waals surface area (Å²) >= 11 is 0. The molecule has 0 spiro atoms. The topological polar surface area (TPSA) is 62.9 Å². The number of hydrogen-bond donors (Lipinski definition) is 2. The number of ether oxygens (including phenoxy) is 1. The van der Waals surface area contributed by atoms with Gasteiger partial charge in [-0.2, -0.15) is 0 Å². The Morgan fingerprint density at radius 1 is 1.31 bits per heavy atom. The van der Waals surface area contributed by atoms with E-state index in [1.165, 1.54) is 5.56 Å². The Bertz CT molecular complexity index is 547. The van der Waals surface area contributed by atoms with Gasteiger partial charge >= 0.3 is 0 Å². The number of anilines is 1. The molecule has 0 amide bonds. The number of nitrogens with zero attached hydrogens (tertiary/aromatic N) is 2. The molecule has 6 heteroatoms. The zero-order valence-corrected chi connectivity index (χ0v) is 18.9. The van der Waals surface area contributed by atoms with Gasteiger partial charge in [0.2, 0.25) is 0 Å². The monoisotopic (exact) mass is 474 g/mol. The molecule has 1 aromatic carbocycles. The molecule has 1 heterocycles. The van der Waals surface area contributed by atoms with Gasteiger partial charge in [0.1, 0.15) is 0 Å². The van der Waals surface area contributed by atoms with Crippen LogP contribution in [0.2, 0.25) is 0 Å². The second-order valence-electron chi connectivity index (χ2n) is 7.43. The summed E-state index contributed by atoms with van der Waals surface area (Å²) in [6.45, 7) is 13.4. The average molecular weight is 474 g/mol. The van der Waals surface area contributed by atoms with Crippen LogP contribution in [0, 0.1) is 5.92 Å². The Labute approximate surface area is 175 Å². The van der Waals surface area contributed by atoms with Crippen LogP contribution in [-0.2, 0) is 4.74 Å². The summed E-state index contributed by atoms with van der Waals surface area (Å²) in [6, 6.07) is 8.42. The van der Waals surface area contributed by atoms with Crippen molar-refractivity contribution < 1.29 is 4.74 Å². The summed E-state index contributed by atoms with van der Waals surface area (Å²) in [4.78, 5) is 6.91. The van der Waals surface area contributed by atoms with E-state index >= 15 is 0 Å². The molecule has 148 valence electrons. The van der Waals surface area contributed by atoms with E-state index in [1.54, 1.807) is 0 Å². The molecule has 1 aliphatic rings. The van der Waals surface area contributed by atoms with Crippen LogP contribution >= 0.6 is 24.0 Å². The highest BCUT2D eigenvalue weighted by molar-refractivity contribution is 14.0. The molecule has 2 rings (SSSR count). The summed E-state index contributed by atoms with van der Waals surface area (Å²) in [5.74, 6) is 1.70. The van der Waals surface area contributed by atoms with Crippen molar-refractivity contribution in [3.05, 3.63) is 29.8 Å². The first-order valence-electron chi connectivity index (χ1n) is 9.48. The summed E-state index contributed by atoms with van der Waals surface area (Å²) < 4.78 is 5.81. The van der Waals surface area contributed by atoms with Crippen LogP contribution in [0.1, 0.15) is 45.6 Å². The van der Waals surface area contributed by atoms with Gasteiger partial charge in [0.05, 0.1) is 19.3 Å². The van der Waals surface area contributed by atoms with Crippen LogP contribution in [0.5, 0.6) is 0 Å². The first kappa shape index (κ1) is 23.2. The number of benzene rings is 1. The molecule has 1 saturated heterocycles. The highest BCUT2D eigenvalue weighted by atomic mass is 127. The largest absolute Gasteiger partial charge is 0.374 e. The van der Waals surface area contributed by atoms with Crippen molar-refractivity contribution in [2.75, 3.05) is 38.1 Å². The highest BCUT2D eigenvalue weighted by Crippen LogP contribution is 2.20. The van der Waals surface area contributed by atoms with E-state index in [9.17, 15) is 0 Å². The van der Waals surface area contributed by atoms with Crippen molar-refractivity contribution in [3.63, 3.8) is 0 Å². The smallest absolute Gasteiger partial charge is 0.193 e. The molecule has 1 fully saturated rings. The maximum atomic E-state index is 6.03. The molecule has 3 N–H and O–H groups in total. The minimum absolute atomic E-state index is 0. The third-order valence-corrected chi connectivity index (χ3v) is 4.68.